The summed E-state index contributed by atoms with van der Waals surface area (Å²) in [5.41, 5.74) is 2.28. The summed E-state index contributed by atoms with van der Waals surface area (Å²) in [5, 5.41) is 1.14. The van der Waals surface area contributed by atoms with E-state index < -0.39 is 0 Å². The second-order valence-corrected chi connectivity index (χ2v) is 8.26. The van der Waals surface area contributed by atoms with Gasteiger partial charge in [0.2, 0.25) is 5.91 Å². The maximum Gasteiger partial charge on any atom is 0.242 e. The zero-order chi connectivity index (χ0) is 18.8. The van der Waals surface area contributed by atoms with E-state index >= 15 is 0 Å². The number of hydrogen-bond acceptors (Lipinski definition) is 4. The molecule has 146 valence electrons. The fraction of sp³-hybridized carbons (Fsp3) is 0.619. The molecule has 0 bridgehead atoms. The first-order valence-electron chi connectivity index (χ1n) is 10.2. The van der Waals surface area contributed by atoms with E-state index in [0.717, 1.165) is 42.8 Å². The third-order valence-electron chi connectivity index (χ3n) is 6.27. The second kappa shape index (κ2) is 7.98. The van der Waals surface area contributed by atoms with Crippen LogP contribution < -0.4 is 0 Å². The molecule has 2 aliphatic heterocycles. The third-order valence-corrected chi connectivity index (χ3v) is 6.27. The molecule has 0 spiro atoms. The van der Waals surface area contributed by atoms with Crippen LogP contribution in [0.2, 0.25) is 0 Å². The number of likely N-dealkylation sites (tertiary alicyclic amines) is 1. The molecular formula is C21H31N5O. The van der Waals surface area contributed by atoms with Gasteiger partial charge in [-0.05, 0) is 44.4 Å². The van der Waals surface area contributed by atoms with Crippen molar-refractivity contribution < 1.29 is 4.79 Å². The Kier molecular flexibility index (Phi) is 5.45. The van der Waals surface area contributed by atoms with Crippen molar-refractivity contribution in [1.82, 2.24) is 24.3 Å². The molecule has 4 heterocycles. The van der Waals surface area contributed by atoms with Crippen LogP contribution in [0.15, 0.2) is 24.7 Å². The van der Waals surface area contributed by atoms with Crippen molar-refractivity contribution in [2.24, 2.45) is 5.92 Å². The first kappa shape index (κ1) is 18.4. The minimum Gasteiger partial charge on any atom is -0.341 e. The zero-order valence-corrected chi connectivity index (χ0v) is 16.6. The minimum atomic E-state index is 0.238. The molecule has 6 nitrogen and oxygen atoms in total. The zero-order valence-electron chi connectivity index (χ0n) is 16.6. The topological polar surface area (TPSA) is 44.6 Å². The van der Waals surface area contributed by atoms with Crippen LogP contribution in [0.4, 0.5) is 0 Å². The van der Waals surface area contributed by atoms with Crippen molar-refractivity contribution in [3.05, 3.63) is 30.2 Å². The number of hydrogen-bond donors (Lipinski definition) is 0. The normalized spacial score (nSPS) is 20.4. The SMILES string of the molecule is Cc1cn(CC(=O)N2CCC(CN3CCN(C)CC3)CC2)c2ccncc12. The lowest BCUT2D eigenvalue weighted by atomic mass is 9.96. The highest BCUT2D eigenvalue weighted by molar-refractivity contribution is 5.85. The standard InChI is InChI=1S/C21H31N5O/c1-17-14-26(20-3-6-22-13-19(17)20)16-21(27)25-7-4-18(5-8-25)15-24-11-9-23(2)10-12-24/h3,6,13-14,18H,4-5,7-12,15-16H2,1-2H3. The Bertz CT molecular complexity index is 785. The minimum absolute atomic E-state index is 0.238. The van der Waals surface area contributed by atoms with Gasteiger partial charge in [-0.2, -0.15) is 0 Å². The number of aromatic nitrogens is 2. The van der Waals surface area contributed by atoms with E-state index in [9.17, 15) is 4.79 Å². The first-order valence-corrected chi connectivity index (χ1v) is 10.2. The fourth-order valence-corrected chi connectivity index (χ4v) is 4.45. The van der Waals surface area contributed by atoms with Gasteiger partial charge in [0.1, 0.15) is 6.54 Å². The van der Waals surface area contributed by atoms with E-state index in [1.807, 2.05) is 12.3 Å². The number of rotatable bonds is 4. The number of nitrogens with zero attached hydrogens (tertiary/aromatic N) is 5. The molecule has 1 amide bonds. The van der Waals surface area contributed by atoms with Gasteiger partial charge in [-0.25, -0.2) is 0 Å². The molecule has 0 atom stereocenters. The molecular weight excluding hydrogens is 338 g/mol. The van der Waals surface area contributed by atoms with Gasteiger partial charge in [0.15, 0.2) is 0 Å². The maximum absolute atomic E-state index is 12.8. The van der Waals surface area contributed by atoms with Crippen LogP contribution in [0.3, 0.4) is 0 Å². The van der Waals surface area contributed by atoms with E-state index in [0.29, 0.717) is 6.54 Å². The Morgan fingerprint density at radius 2 is 1.89 bits per heavy atom. The number of likely N-dealkylation sites (N-methyl/N-ethyl adjacent to an activating group) is 1. The van der Waals surface area contributed by atoms with Gasteiger partial charge >= 0.3 is 0 Å². The summed E-state index contributed by atoms with van der Waals surface area (Å²) in [6.45, 7) is 10.2. The number of amides is 1. The summed E-state index contributed by atoms with van der Waals surface area (Å²) in [6, 6.07) is 2.00. The molecule has 6 heteroatoms. The molecule has 4 rings (SSSR count). The molecule has 0 unspecified atom stereocenters. The Labute approximate surface area is 161 Å². The van der Waals surface area contributed by atoms with Crippen LogP contribution in [0.5, 0.6) is 0 Å². The predicted octanol–water partition coefficient (Wildman–Crippen LogP) is 1.83. The maximum atomic E-state index is 12.8. The van der Waals surface area contributed by atoms with E-state index in [1.54, 1.807) is 6.20 Å². The molecule has 27 heavy (non-hydrogen) atoms. The lowest BCUT2D eigenvalue weighted by Crippen LogP contribution is -2.48. The van der Waals surface area contributed by atoms with Gasteiger partial charge in [0, 0.05) is 69.8 Å². The molecule has 0 N–H and O–H groups in total. The molecule has 2 saturated heterocycles. The molecule has 0 aliphatic carbocycles. The average Bonchev–Trinajstić information content (AvgIpc) is 3.00. The second-order valence-electron chi connectivity index (χ2n) is 8.26. The molecule has 0 radical (unpaired) electrons. The molecule has 2 aliphatic rings. The number of carbonyl (C=O) groups is 1. The highest BCUT2D eigenvalue weighted by atomic mass is 16.2. The average molecular weight is 370 g/mol. The number of fused-ring (bicyclic) bond motifs is 1. The van der Waals surface area contributed by atoms with Crippen LogP contribution in [0.1, 0.15) is 18.4 Å². The summed E-state index contributed by atoms with van der Waals surface area (Å²) >= 11 is 0. The van der Waals surface area contributed by atoms with Crippen LogP contribution in [0.25, 0.3) is 10.9 Å². The summed E-state index contributed by atoms with van der Waals surface area (Å²) in [6.07, 6.45) is 8.02. The fourth-order valence-electron chi connectivity index (χ4n) is 4.45. The van der Waals surface area contributed by atoms with Gasteiger partial charge in [0.05, 0.1) is 5.52 Å². The molecule has 2 fully saturated rings. The van der Waals surface area contributed by atoms with E-state index in [4.69, 9.17) is 0 Å². The van der Waals surface area contributed by atoms with Crippen molar-refractivity contribution in [1.29, 1.82) is 0 Å². The lowest BCUT2D eigenvalue weighted by molar-refractivity contribution is -0.133. The number of aryl methyl sites for hydroxylation is 1. The van der Waals surface area contributed by atoms with Gasteiger partial charge in [0.25, 0.3) is 0 Å². The lowest BCUT2D eigenvalue weighted by Gasteiger charge is -2.38. The summed E-state index contributed by atoms with van der Waals surface area (Å²) < 4.78 is 2.07. The molecule has 0 saturated carbocycles. The number of pyridine rings is 1. The van der Waals surface area contributed by atoms with Crippen LogP contribution >= 0.6 is 0 Å². The van der Waals surface area contributed by atoms with Gasteiger partial charge < -0.3 is 19.3 Å². The number of piperazine rings is 1. The third kappa shape index (κ3) is 4.17. The van der Waals surface area contributed by atoms with Crippen molar-refractivity contribution in [3.8, 4) is 0 Å². The monoisotopic (exact) mass is 369 g/mol. The van der Waals surface area contributed by atoms with Gasteiger partial charge in [-0.3, -0.25) is 9.78 Å². The van der Waals surface area contributed by atoms with Crippen LogP contribution in [-0.2, 0) is 11.3 Å². The Morgan fingerprint density at radius 3 is 2.63 bits per heavy atom. The summed E-state index contributed by atoms with van der Waals surface area (Å²) in [4.78, 5) is 24.1. The van der Waals surface area contributed by atoms with Crippen molar-refractivity contribution in [2.75, 3.05) is 52.9 Å². The van der Waals surface area contributed by atoms with Gasteiger partial charge in [-0.15, -0.1) is 0 Å². The number of piperidine rings is 1. The van der Waals surface area contributed by atoms with E-state index in [1.165, 1.54) is 38.3 Å². The number of carbonyl (C=O) groups excluding carboxylic acids is 1. The summed E-state index contributed by atoms with van der Waals surface area (Å²) in [5.74, 6) is 0.972. The molecule has 2 aromatic rings. The first-order chi connectivity index (χ1) is 13.1. The predicted molar refractivity (Wildman–Crippen MR) is 108 cm³/mol. The van der Waals surface area contributed by atoms with Crippen LogP contribution in [-0.4, -0.2) is 83.0 Å². The Hall–Kier alpha value is -1.92. The van der Waals surface area contributed by atoms with E-state index in [-0.39, 0.29) is 5.91 Å². The Balaban J connectivity index is 1.29. The Morgan fingerprint density at radius 1 is 1.15 bits per heavy atom. The molecule has 2 aromatic heterocycles. The van der Waals surface area contributed by atoms with Crippen molar-refractivity contribution >= 4 is 16.8 Å². The largest absolute Gasteiger partial charge is 0.341 e. The van der Waals surface area contributed by atoms with Crippen molar-refractivity contribution in [3.63, 3.8) is 0 Å². The van der Waals surface area contributed by atoms with Gasteiger partial charge in [-0.1, -0.05) is 0 Å². The quantitative estimate of drug-likeness (QED) is 0.825. The highest BCUT2D eigenvalue weighted by Crippen LogP contribution is 2.22. The smallest absolute Gasteiger partial charge is 0.242 e. The highest BCUT2D eigenvalue weighted by Gasteiger charge is 2.25. The van der Waals surface area contributed by atoms with Crippen LogP contribution in [0, 0.1) is 12.8 Å². The summed E-state index contributed by atoms with van der Waals surface area (Å²) in [7, 11) is 2.20. The van der Waals surface area contributed by atoms with E-state index in [2.05, 4.69) is 44.4 Å². The van der Waals surface area contributed by atoms with Crippen molar-refractivity contribution in [2.45, 2.75) is 26.3 Å². The molecule has 0 aromatic carbocycles.